The Morgan fingerprint density at radius 2 is 2.26 bits per heavy atom. The molecule has 1 N–H and O–H groups in total. The third-order valence-electron chi connectivity index (χ3n) is 4.02. The van der Waals surface area contributed by atoms with Gasteiger partial charge in [0.05, 0.1) is 6.10 Å². The normalized spacial score (nSPS) is 21.6. The highest BCUT2D eigenvalue weighted by molar-refractivity contribution is 5.54. The van der Waals surface area contributed by atoms with Crippen molar-refractivity contribution >= 4 is 5.69 Å². The minimum Gasteiger partial charge on any atom is -0.389 e. The summed E-state index contributed by atoms with van der Waals surface area (Å²) in [7, 11) is 4.10. The summed E-state index contributed by atoms with van der Waals surface area (Å²) in [5, 5.41) is 9.77. The molecule has 0 radical (unpaired) electrons. The van der Waals surface area contributed by atoms with Crippen LogP contribution in [0.4, 0.5) is 10.1 Å². The summed E-state index contributed by atoms with van der Waals surface area (Å²) in [6, 6.07) is 5.49. The average molecular weight is 266 g/mol. The van der Waals surface area contributed by atoms with Crippen LogP contribution in [0.3, 0.4) is 0 Å². The monoisotopic (exact) mass is 266 g/mol. The van der Waals surface area contributed by atoms with E-state index in [4.69, 9.17) is 0 Å². The lowest BCUT2D eigenvalue weighted by Crippen LogP contribution is -2.37. The van der Waals surface area contributed by atoms with Gasteiger partial charge in [-0.3, -0.25) is 0 Å². The number of hydrogen-bond acceptors (Lipinski definition) is 3. The van der Waals surface area contributed by atoms with E-state index in [-0.39, 0.29) is 5.82 Å². The summed E-state index contributed by atoms with van der Waals surface area (Å²) in [5.41, 5.74) is 1.18. The molecule has 2 rings (SSSR count). The zero-order chi connectivity index (χ0) is 14.0. The molecule has 0 saturated carbocycles. The van der Waals surface area contributed by atoms with Crippen molar-refractivity contribution in [2.75, 3.05) is 32.1 Å². The Morgan fingerprint density at radius 1 is 1.53 bits per heavy atom. The zero-order valence-electron chi connectivity index (χ0n) is 11.9. The summed E-state index contributed by atoms with van der Waals surface area (Å²) >= 11 is 0. The van der Waals surface area contributed by atoms with Crippen LogP contribution in [0.1, 0.15) is 31.4 Å². The van der Waals surface area contributed by atoms with E-state index in [1.807, 2.05) is 13.1 Å². The van der Waals surface area contributed by atoms with Crippen molar-refractivity contribution < 1.29 is 9.50 Å². The SMILES string of the molecule is C[C@@H](O)c1c(F)cccc1N(C)CC1CCCN1C. The quantitative estimate of drug-likeness (QED) is 0.906. The lowest BCUT2D eigenvalue weighted by Gasteiger charge is -2.29. The number of aliphatic hydroxyl groups excluding tert-OH is 1. The van der Waals surface area contributed by atoms with Crippen molar-refractivity contribution in [2.24, 2.45) is 0 Å². The molecule has 3 nitrogen and oxygen atoms in total. The van der Waals surface area contributed by atoms with Crippen LogP contribution in [-0.2, 0) is 0 Å². The van der Waals surface area contributed by atoms with Gasteiger partial charge in [-0.15, -0.1) is 0 Å². The number of halogens is 1. The molecule has 1 fully saturated rings. The van der Waals surface area contributed by atoms with Gasteiger partial charge in [0.15, 0.2) is 0 Å². The van der Waals surface area contributed by atoms with Gasteiger partial charge in [0, 0.05) is 30.9 Å². The fourth-order valence-corrected chi connectivity index (χ4v) is 2.90. The van der Waals surface area contributed by atoms with Gasteiger partial charge in [-0.1, -0.05) is 6.07 Å². The number of likely N-dealkylation sites (N-methyl/N-ethyl adjacent to an activating group) is 2. The Labute approximate surface area is 114 Å². The summed E-state index contributed by atoms with van der Waals surface area (Å²) in [5.74, 6) is -0.334. The molecule has 1 saturated heterocycles. The maximum atomic E-state index is 13.9. The van der Waals surface area contributed by atoms with Gasteiger partial charge < -0.3 is 14.9 Å². The molecule has 0 bridgehead atoms. The van der Waals surface area contributed by atoms with E-state index in [0.717, 1.165) is 18.8 Å². The Hall–Kier alpha value is -1.13. The highest BCUT2D eigenvalue weighted by Gasteiger charge is 2.24. The molecule has 19 heavy (non-hydrogen) atoms. The topological polar surface area (TPSA) is 26.7 Å². The first-order valence-corrected chi connectivity index (χ1v) is 6.88. The highest BCUT2D eigenvalue weighted by atomic mass is 19.1. The van der Waals surface area contributed by atoms with Gasteiger partial charge in [-0.2, -0.15) is 0 Å². The van der Waals surface area contributed by atoms with Crippen molar-refractivity contribution in [1.82, 2.24) is 4.90 Å². The summed E-state index contributed by atoms with van der Waals surface area (Å²) in [4.78, 5) is 4.40. The van der Waals surface area contributed by atoms with Crippen molar-refractivity contribution in [3.05, 3.63) is 29.6 Å². The van der Waals surface area contributed by atoms with Gasteiger partial charge in [0.1, 0.15) is 5.82 Å². The van der Waals surface area contributed by atoms with Gasteiger partial charge in [-0.25, -0.2) is 4.39 Å². The van der Waals surface area contributed by atoms with Crippen LogP contribution in [0.25, 0.3) is 0 Å². The van der Waals surface area contributed by atoms with Crippen molar-refractivity contribution in [3.63, 3.8) is 0 Å². The first-order valence-electron chi connectivity index (χ1n) is 6.88. The molecule has 1 aromatic carbocycles. The number of benzene rings is 1. The smallest absolute Gasteiger partial charge is 0.131 e. The van der Waals surface area contributed by atoms with E-state index in [0.29, 0.717) is 11.6 Å². The van der Waals surface area contributed by atoms with Crippen LogP contribution in [0.2, 0.25) is 0 Å². The Balaban J connectivity index is 2.19. The van der Waals surface area contributed by atoms with Crippen LogP contribution in [0.15, 0.2) is 18.2 Å². The van der Waals surface area contributed by atoms with Crippen molar-refractivity contribution in [1.29, 1.82) is 0 Å². The molecular formula is C15H23FN2O. The van der Waals surface area contributed by atoms with Gasteiger partial charge in [0.2, 0.25) is 0 Å². The van der Waals surface area contributed by atoms with Gasteiger partial charge in [0.25, 0.3) is 0 Å². The van der Waals surface area contributed by atoms with Crippen LogP contribution in [0, 0.1) is 5.82 Å². The molecule has 106 valence electrons. The van der Waals surface area contributed by atoms with Crippen LogP contribution in [0.5, 0.6) is 0 Å². The number of aliphatic hydroxyl groups is 1. The Morgan fingerprint density at radius 3 is 2.84 bits per heavy atom. The number of hydrogen-bond donors (Lipinski definition) is 1. The molecule has 1 unspecified atom stereocenters. The van der Waals surface area contributed by atoms with Crippen molar-refractivity contribution in [3.8, 4) is 0 Å². The van der Waals surface area contributed by atoms with E-state index in [2.05, 4.69) is 16.8 Å². The maximum Gasteiger partial charge on any atom is 0.131 e. The molecule has 1 aromatic rings. The van der Waals surface area contributed by atoms with Gasteiger partial charge in [-0.05, 0) is 45.5 Å². The molecule has 1 heterocycles. The standard InChI is InChI=1S/C15H23FN2O/c1-11(19)15-13(16)7-4-8-14(15)18(3)10-12-6-5-9-17(12)2/h4,7-8,11-12,19H,5-6,9-10H2,1-3H3/t11-,12?/m1/s1. The second kappa shape index (κ2) is 5.88. The molecule has 2 atom stereocenters. The highest BCUT2D eigenvalue weighted by Crippen LogP contribution is 2.29. The molecule has 0 spiro atoms. The molecule has 1 aliphatic rings. The Kier molecular flexibility index (Phi) is 4.42. The fraction of sp³-hybridized carbons (Fsp3) is 0.600. The van der Waals surface area contributed by atoms with E-state index in [9.17, 15) is 9.50 Å². The van der Waals surface area contributed by atoms with Crippen LogP contribution >= 0.6 is 0 Å². The predicted octanol–water partition coefficient (Wildman–Crippen LogP) is 2.41. The summed E-state index contributed by atoms with van der Waals surface area (Å²) in [6.45, 7) is 3.60. The molecule has 1 aliphatic heterocycles. The lowest BCUT2D eigenvalue weighted by molar-refractivity contribution is 0.194. The fourth-order valence-electron chi connectivity index (χ4n) is 2.90. The number of rotatable bonds is 4. The first-order chi connectivity index (χ1) is 9.00. The Bertz CT molecular complexity index is 436. The third-order valence-corrected chi connectivity index (χ3v) is 4.02. The summed E-state index contributed by atoms with van der Waals surface area (Å²) < 4.78 is 13.9. The van der Waals surface area contributed by atoms with Crippen LogP contribution < -0.4 is 4.90 Å². The molecular weight excluding hydrogens is 243 g/mol. The number of likely N-dealkylation sites (tertiary alicyclic amines) is 1. The lowest BCUT2D eigenvalue weighted by atomic mass is 10.1. The molecule has 0 aromatic heterocycles. The predicted molar refractivity (Wildman–Crippen MR) is 76.0 cm³/mol. The average Bonchev–Trinajstić information content (AvgIpc) is 2.74. The van der Waals surface area contributed by atoms with E-state index in [1.165, 1.54) is 18.9 Å². The summed E-state index contributed by atoms with van der Waals surface area (Å²) in [6.07, 6.45) is 1.61. The van der Waals surface area contributed by atoms with E-state index in [1.54, 1.807) is 13.0 Å². The van der Waals surface area contributed by atoms with E-state index < -0.39 is 6.10 Å². The largest absolute Gasteiger partial charge is 0.389 e. The third kappa shape index (κ3) is 3.07. The maximum absolute atomic E-state index is 13.9. The first kappa shape index (κ1) is 14.3. The number of nitrogens with zero attached hydrogens (tertiary/aromatic N) is 2. The zero-order valence-corrected chi connectivity index (χ0v) is 11.9. The second-order valence-electron chi connectivity index (χ2n) is 5.51. The van der Waals surface area contributed by atoms with Gasteiger partial charge >= 0.3 is 0 Å². The minimum atomic E-state index is -0.792. The number of anilines is 1. The van der Waals surface area contributed by atoms with Crippen molar-refractivity contribution in [2.45, 2.75) is 31.9 Å². The van der Waals surface area contributed by atoms with Crippen LogP contribution in [-0.4, -0.2) is 43.2 Å². The minimum absolute atomic E-state index is 0.334. The molecule has 0 amide bonds. The molecule has 0 aliphatic carbocycles. The second-order valence-corrected chi connectivity index (χ2v) is 5.51. The van der Waals surface area contributed by atoms with E-state index >= 15 is 0 Å². The molecule has 4 heteroatoms.